The molecule has 5 heteroatoms. The van der Waals surface area contributed by atoms with Crippen molar-refractivity contribution in [1.82, 2.24) is 10.2 Å². The number of piperidine rings is 1. The molecule has 1 aromatic rings. The summed E-state index contributed by atoms with van der Waals surface area (Å²) < 4.78 is 0. The largest absolute Gasteiger partial charge is 0.383 e. The van der Waals surface area contributed by atoms with Crippen molar-refractivity contribution < 1.29 is 9.90 Å². The molecule has 0 bridgehead atoms. The maximum atomic E-state index is 12.1. The third-order valence-corrected chi connectivity index (χ3v) is 5.47. The van der Waals surface area contributed by atoms with Gasteiger partial charge in [0.05, 0.1) is 0 Å². The highest BCUT2D eigenvalue weighted by atomic mass is 32.2. The van der Waals surface area contributed by atoms with Gasteiger partial charge in [-0.1, -0.05) is 30.3 Å². The monoisotopic (exact) mass is 336 g/mol. The van der Waals surface area contributed by atoms with Gasteiger partial charge in [0.15, 0.2) is 0 Å². The fourth-order valence-corrected chi connectivity index (χ4v) is 3.60. The number of aliphatic hydroxyl groups is 1. The minimum atomic E-state index is -0.901. The van der Waals surface area contributed by atoms with Crippen LogP contribution in [-0.4, -0.2) is 60.7 Å². The fraction of sp³-hybridized carbons (Fsp3) is 0.611. The topological polar surface area (TPSA) is 52.6 Å². The van der Waals surface area contributed by atoms with E-state index in [1.54, 1.807) is 11.8 Å². The van der Waals surface area contributed by atoms with Crippen LogP contribution in [0.2, 0.25) is 0 Å². The second-order valence-electron chi connectivity index (χ2n) is 6.46. The van der Waals surface area contributed by atoms with Crippen LogP contribution >= 0.6 is 11.8 Å². The Morgan fingerprint density at radius 1 is 1.35 bits per heavy atom. The normalized spacial score (nSPS) is 19.3. The van der Waals surface area contributed by atoms with E-state index in [1.165, 1.54) is 5.56 Å². The lowest BCUT2D eigenvalue weighted by Gasteiger charge is -2.41. The van der Waals surface area contributed by atoms with Gasteiger partial charge >= 0.3 is 0 Å². The van der Waals surface area contributed by atoms with Gasteiger partial charge in [-0.15, -0.1) is 0 Å². The number of nitrogens with zero attached hydrogens (tertiary/aromatic N) is 1. The lowest BCUT2D eigenvalue weighted by Crippen LogP contribution is -2.49. The predicted molar refractivity (Wildman–Crippen MR) is 96.9 cm³/mol. The Kier molecular flexibility index (Phi) is 6.93. The van der Waals surface area contributed by atoms with Gasteiger partial charge < -0.3 is 15.3 Å². The maximum absolute atomic E-state index is 12.1. The number of hydrogen-bond donors (Lipinski definition) is 2. The number of amides is 1. The molecule has 128 valence electrons. The van der Waals surface area contributed by atoms with E-state index >= 15 is 0 Å². The van der Waals surface area contributed by atoms with Crippen molar-refractivity contribution in [2.24, 2.45) is 0 Å². The van der Waals surface area contributed by atoms with Crippen LogP contribution in [0.1, 0.15) is 24.8 Å². The molecule has 0 saturated carbocycles. The van der Waals surface area contributed by atoms with Crippen LogP contribution in [0, 0.1) is 0 Å². The summed E-state index contributed by atoms with van der Waals surface area (Å²) in [6, 6.07) is 10.5. The average Bonchev–Trinajstić information content (AvgIpc) is 2.60. The van der Waals surface area contributed by atoms with Crippen LogP contribution in [0.5, 0.6) is 0 Å². The number of carbonyl (C=O) groups excluding carboxylic acids is 1. The quantitative estimate of drug-likeness (QED) is 0.798. The third-order valence-electron chi connectivity index (χ3n) is 4.83. The van der Waals surface area contributed by atoms with E-state index in [1.807, 2.05) is 12.3 Å². The summed E-state index contributed by atoms with van der Waals surface area (Å²) in [6.07, 6.45) is 3.63. The number of aliphatic hydroxyl groups excluding tert-OH is 1. The van der Waals surface area contributed by atoms with Crippen molar-refractivity contribution in [1.29, 1.82) is 0 Å². The van der Waals surface area contributed by atoms with Crippen LogP contribution in [-0.2, 0) is 10.2 Å². The molecule has 1 aliphatic heterocycles. The van der Waals surface area contributed by atoms with Crippen LogP contribution in [0.4, 0.5) is 0 Å². The van der Waals surface area contributed by atoms with E-state index in [0.717, 1.165) is 31.7 Å². The van der Waals surface area contributed by atoms with Crippen molar-refractivity contribution >= 4 is 17.7 Å². The molecule has 1 fully saturated rings. The van der Waals surface area contributed by atoms with Crippen molar-refractivity contribution in [2.45, 2.75) is 30.8 Å². The van der Waals surface area contributed by atoms with E-state index in [4.69, 9.17) is 0 Å². The summed E-state index contributed by atoms with van der Waals surface area (Å²) in [6.45, 7) is 2.65. The summed E-state index contributed by atoms with van der Waals surface area (Å²) in [5.41, 5.74) is 1.26. The minimum absolute atomic E-state index is 0.0251. The highest BCUT2D eigenvalue weighted by molar-refractivity contribution is 7.98. The number of hydrogen-bond acceptors (Lipinski definition) is 4. The van der Waals surface area contributed by atoms with Gasteiger partial charge in [-0.2, -0.15) is 11.8 Å². The zero-order valence-corrected chi connectivity index (χ0v) is 14.9. The molecule has 0 spiro atoms. The molecule has 23 heavy (non-hydrogen) atoms. The molecule has 1 aromatic carbocycles. The number of carbonyl (C=O) groups is 1. The zero-order valence-electron chi connectivity index (χ0n) is 14.1. The maximum Gasteiger partial charge on any atom is 0.248 e. The number of rotatable bonds is 7. The van der Waals surface area contributed by atoms with Crippen molar-refractivity contribution in [3.63, 3.8) is 0 Å². The van der Waals surface area contributed by atoms with Gasteiger partial charge in [0, 0.05) is 12.0 Å². The number of likely N-dealkylation sites (tertiary alicyclic amines) is 1. The molecule has 2 rings (SSSR count). The predicted octanol–water partition coefficient (Wildman–Crippen LogP) is 1.88. The first-order valence-corrected chi connectivity index (χ1v) is 9.65. The molecule has 1 aliphatic rings. The molecule has 2 N–H and O–H groups in total. The van der Waals surface area contributed by atoms with E-state index in [2.05, 4.69) is 41.5 Å². The lowest BCUT2D eigenvalue weighted by atomic mass is 9.72. The first kappa shape index (κ1) is 18.3. The van der Waals surface area contributed by atoms with Gasteiger partial charge in [0.25, 0.3) is 0 Å². The number of benzene rings is 1. The summed E-state index contributed by atoms with van der Waals surface area (Å²) in [5, 5.41) is 12.9. The highest BCUT2D eigenvalue weighted by Crippen LogP contribution is 2.34. The molecular weight excluding hydrogens is 308 g/mol. The fourth-order valence-electron chi connectivity index (χ4n) is 3.14. The molecule has 1 heterocycles. The van der Waals surface area contributed by atoms with E-state index in [9.17, 15) is 9.90 Å². The SMILES string of the molecule is CSCC[C@@H](O)C(=O)NCC1(c2ccccc2)CCN(C)CC1. The zero-order chi connectivity index (χ0) is 16.7. The third kappa shape index (κ3) is 4.96. The second-order valence-corrected chi connectivity index (χ2v) is 7.45. The molecule has 1 atom stereocenters. The number of nitrogens with one attached hydrogen (secondary N) is 1. The van der Waals surface area contributed by atoms with Crippen LogP contribution in [0.15, 0.2) is 30.3 Å². The van der Waals surface area contributed by atoms with Crippen LogP contribution in [0.25, 0.3) is 0 Å². The minimum Gasteiger partial charge on any atom is -0.383 e. The van der Waals surface area contributed by atoms with Crippen molar-refractivity contribution in [3.05, 3.63) is 35.9 Å². The highest BCUT2D eigenvalue weighted by Gasteiger charge is 2.36. The van der Waals surface area contributed by atoms with Crippen molar-refractivity contribution in [2.75, 3.05) is 38.7 Å². The van der Waals surface area contributed by atoms with Crippen molar-refractivity contribution in [3.8, 4) is 0 Å². The van der Waals surface area contributed by atoms with Gasteiger partial charge in [0.2, 0.25) is 5.91 Å². The smallest absolute Gasteiger partial charge is 0.248 e. The molecule has 0 aromatic heterocycles. The Balaban J connectivity index is 2.03. The molecular formula is C18H28N2O2S. The Hall–Kier alpha value is -1.04. The Morgan fingerprint density at radius 2 is 2.00 bits per heavy atom. The summed E-state index contributed by atoms with van der Waals surface area (Å²) in [7, 11) is 2.14. The molecule has 0 unspecified atom stereocenters. The summed E-state index contributed by atoms with van der Waals surface area (Å²) >= 11 is 1.64. The standard InChI is InChI=1S/C18H28N2O2S/c1-20-11-9-18(10-12-20,15-6-4-3-5-7-15)14-19-17(22)16(21)8-13-23-2/h3-7,16,21H,8-14H2,1-2H3,(H,19,22)/t16-/m1/s1. The van der Waals surface area contributed by atoms with E-state index in [0.29, 0.717) is 13.0 Å². The first-order valence-electron chi connectivity index (χ1n) is 8.26. The van der Waals surface area contributed by atoms with Gasteiger partial charge in [-0.05, 0) is 57.0 Å². The first-order chi connectivity index (χ1) is 11.1. The molecule has 1 amide bonds. The molecule has 0 aliphatic carbocycles. The number of thioether (sulfide) groups is 1. The average molecular weight is 337 g/mol. The van der Waals surface area contributed by atoms with Crippen LogP contribution < -0.4 is 5.32 Å². The summed E-state index contributed by atoms with van der Waals surface area (Å²) in [4.78, 5) is 14.5. The summed E-state index contributed by atoms with van der Waals surface area (Å²) in [5.74, 6) is 0.553. The van der Waals surface area contributed by atoms with Gasteiger partial charge in [-0.3, -0.25) is 4.79 Å². The Bertz CT molecular complexity index is 487. The molecule has 1 saturated heterocycles. The molecule has 4 nitrogen and oxygen atoms in total. The second kappa shape index (κ2) is 8.71. The van der Waals surface area contributed by atoms with Gasteiger partial charge in [-0.25, -0.2) is 0 Å². The molecule has 0 radical (unpaired) electrons. The Morgan fingerprint density at radius 3 is 2.61 bits per heavy atom. The van der Waals surface area contributed by atoms with E-state index < -0.39 is 6.10 Å². The Labute approximate surface area is 143 Å². The van der Waals surface area contributed by atoms with Crippen LogP contribution in [0.3, 0.4) is 0 Å². The van der Waals surface area contributed by atoms with E-state index in [-0.39, 0.29) is 11.3 Å². The lowest BCUT2D eigenvalue weighted by molar-refractivity contribution is -0.129. The van der Waals surface area contributed by atoms with Gasteiger partial charge in [0.1, 0.15) is 6.10 Å².